The lowest BCUT2D eigenvalue weighted by Gasteiger charge is -2.34. The van der Waals surface area contributed by atoms with Gasteiger partial charge in [-0.25, -0.2) is 4.79 Å². The lowest BCUT2D eigenvalue weighted by Crippen LogP contribution is -2.52. The quantitative estimate of drug-likeness (QED) is 0.855. The summed E-state index contributed by atoms with van der Waals surface area (Å²) in [5, 5.41) is 6.46. The molecule has 3 aliphatic rings. The minimum absolute atomic E-state index is 0.0784. The van der Waals surface area contributed by atoms with Crippen LogP contribution < -0.4 is 10.6 Å². The number of nitrogens with zero attached hydrogens (tertiary/aromatic N) is 1. The zero-order valence-electron chi connectivity index (χ0n) is 16.1. The lowest BCUT2D eigenvalue weighted by molar-refractivity contribution is -0.124. The third kappa shape index (κ3) is 4.12. The molecule has 1 aromatic rings. The summed E-state index contributed by atoms with van der Waals surface area (Å²) >= 11 is 0. The molecule has 3 fully saturated rings. The van der Waals surface area contributed by atoms with Gasteiger partial charge in [0, 0.05) is 25.2 Å². The summed E-state index contributed by atoms with van der Waals surface area (Å²) < 4.78 is 0. The van der Waals surface area contributed by atoms with Crippen molar-refractivity contribution in [2.24, 2.45) is 0 Å². The van der Waals surface area contributed by atoms with Crippen molar-refractivity contribution in [3.8, 4) is 0 Å². The first-order chi connectivity index (χ1) is 13.2. The number of carbonyl (C=O) groups excluding carboxylic acids is 2. The molecule has 5 nitrogen and oxygen atoms in total. The highest BCUT2D eigenvalue weighted by molar-refractivity contribution is 5.91. The van der Waals surface area contributed by atoms with Crippen LogP contribution in [0.5, 0.6) is 0 Å². The van der Waals surface area contributed by atoms with Gasteiger partial charge in [-0.05, 0) is 44.1 Å². The van der Waals surface area contributed by atoms with Crippen LogP contribution in [0.2, 0.25) is 0 Å². The predicted molar refractivity (Wildman–Crippen MR) is 105 cm³/mol. The van der Waals surface area contributed by atoms with Crippen molar-refractivity contribution in [2.75, 3.05) is 13.1 Å². The normalized spacial score (nSPS) is 22.9. The zero-order chi connectivity index (χ0) is 18.7. The van der Waals surface area contributed by atoms with E-state index in [4.69, 9.17) is 0 Å². The number of rotatable bonds is 4. The fraction of sp³-hybridized carbons (Fsp3) is 0.636. The first-order valence-electron chi connectivity index (χ1n) is 10.6. The van der Waals surface area contributed by atoms with Gasteiger partial charge in [-0.3, -0.25) is 4.79 Å². The van der Waals surface area contributed by atoms with Crippen LogP contribution in [0.25, 0.3) is 0 Å². The van der Waals surface area contributed by atoms with Crippen LogP contribution in [-0.2, 0) is 10.2 Å². The summed E-state index contributed by atoms with van der Waals surface area (Å²) in [6.07, 6.45) is 9.52. The number of piperidine rings is 1. The summed E-state index contributed by atoms with van der Waals surface area (Å²) in [5.74, 6) is 0.166. The van der Waals surface area contributed by atoms with Gasteiger partial charge in [0.1, 0.15) is 0 Å². The standard InChI is InChI=1S/C22H31N3O2/c26-20(22(13-14-22)17-7-3-1-4-8-17)23-19-11-15-25(16-12-19)21(27)24-18-9-5-2-6-10-18/h1,3-4,7-8,18-19H,2,5-6,9-16H2,(H,23,26)(H,24,27). The van der Waals surface area contributed by atoms with E-state index in [1.807, 2.05) is 23.1 Å². The molecule has 0 spiro atoms. The van der Waals surface area contributed by atoms with Crippen LogP contribution in [0.1, 0.15) is 63.4 Å². The molecule has 2 saturated carbocycles. The molecule has 1 heterocycles. The monoisotopic (exact) mass is 369 g/mol. The second-order valence-electron chi connectivity index (χ2n) is 8.47. The van der Waals surface area contributed by atoms with Crippen molar-refractivity contribution < 1.29 is 9.59 Å². The number of hydrogen-bond donors (Lipinski definition) is 2. The van der Waals surface area contributed by atoms with Gasteiger partial charge < -0.3 is 15.5 Å². The number of amides is 3. The Morgan fingerprint density at radius 2 is 1.48 bits per heavy atom. The average molecular weight is 370 g/mol. The van der Waals surface area contributed by atoms with E-state index in [0.29, 0.717) is 6.04 Å². The SMILES string of the molecule is O=C(NC1CCCCC1)N1CCC(NC(=O)C2(c3ccccc3)CC2)CC1. The molecule has 3 amide bonds. The van der Waals surface area contributed by atoms with E-state index in [1.165, 1.54) is 19.3 Å². The van der Waals surface area contributed by atoms with E-state index in [2.05, 4.69) is 22.8 Å². The Labute approximate surface area is 161 Å². The highest BCUT2D eigenvalue weighted by Gasteiger charge is 2.51. The van der Waals surface area contributed by atoms with Gasteiger partial charge in [0.05, 0.1) is 5.41 Å². The maximum atomic E-state index is 12.9. The third-order valence-corrected chi connectivity index (χ3v) is 6.56. The molecule has 0 bridgehead atoms. The van der Waals surface area contributed by atoms with Crippen LogP contribution in [0.15, 0.2) is 30.3 Å². The largest absolute Gasteiger partial charge is 0.352 e. The van der Waals surface area contributed by atoms with Crippen LogP contribution in [0.3, 0.4) is 0 Å². The van der Waals surface area contributed by atoms with Gasteiger partial charge in [-0.2, -0.15) is 0 Å². The first kappa shape index (κ1) is 18.3. The van der Waals surface area contributed by atoms with E-state index >= 15 is 0 Å². The zero-order valence-corrected chi connectivity index (χ0v) is 16.1. The predicted octanol–water partition coefficient (Wildman–Crippen LogP) is 3.34. The molecule has 1 aromatic carbocycles. The van der Waals surface area contributed by atoms with E-state index in [9.17, 15) is 9.59 Å². The smallest absolute Gasteiger partial charge is 0.317 e. The van der Waals surface area contributed by atoms with E-state index < -0.39 is 0 Å². The molecule has 4 rings (SSSR count). The van der Waals surface area contributed by atoms with Crippen LogP contribution in [-0.4, -0.2) is 42.0 Å². The second-order valence-corrected chi connectivity index (χ2v) is 8.47. The fourth-order valence-corrected chi connectivity index (χ4v) is 4.59. The van der Waals surface area contributed by atoms with E-state index in [0.717, 1.165) is 57.2 Å². The highest BCUT2D eigenvalue weighted by Crippen LogP contribution is 2.48. The number of benzene rings is 1. The summed E-state index contributed by atoms with van der Waals surface area (Å²) in [6, 6.07) is 10.7. The van der Waals surface area contributed by atoms with Crippen molar-refractivity contribution in [3.63, 3.8) is 0 Å². The molecule has 1 saturated heterocycles. The van der Waals surface area contributed by atoms with Gasteiger partial charge in [-0.15, -0.1) is 0 Å². The molecular weight excluding hydrogens is 338 g/mol. The maximum Gasteiger partial charge on any atom is 0.317 e. The topological polar surface area (TPSA) is 61.4 Å². The molecule has 0 radical (unpaired) electrons. The van der Waals surface area contributed by atoms with E-state index in [1.54, 1.807) is 0 Å². The van der Waals surface area contributed by atoms with Crippen LogP contribution in [0.4, 0.5) is 4.79 Å². The molecule has 2 aliphatic carbocycles. The Balaban J connectivity index is 1.25. The highest BCUT2D eigenvalue weighted by atomic mass is 16.2. The van der Waals surface area contributed by atoms with E-state index in [-0.39, 0.29) is 23.4 Å². The van der Waals surface area contributed by atoms with Crippen molar-refractivity contribution >= 4 is 11.9 Å². The molecule has 5 heteroatoms. The van der Waals surface area contributed by atoms with Gasteiger partial charge in [-0.1, -0.05) is 49.6 Å². The van der Waals surface area contributed by atoms with Crippen LogP contribution in [0, 0.1) is 0 Å². The second kappa shape index (κ2) is 7.91. The lowest BCUT2D eigenvalue weighted by atomic mass is 9.94. The molecular formula is C22H31N3O2. The van der Waals surface area contributed by atoms with Crippen molar-refractivity contribution in [1.82, 2.24) is 15.5 Å². The number of hydrogen-bond acceptors (Lipinski definition) is 2. The Kier molecular flexibility index (Phi) is 5.37. The van der Waals surface area contributed by atoms with Gasteiger partial charge in [0.15, 0.2) is 0 Å². The van der Waals surface area contributed by atoms with Crippen LogP contribution >= 0.6 is 0 Å². The Morgan fingerprint density at radius 3 is 2.11 bits per heavy atom. The molecule has 0 aromatic heterocycles. The number of urea groups is 1. The number of carbonyl (C=O) groups is 2. The summed E-state index contributed by atoms with van der Waals surface area (Å²) in [7, 11) is 0. The Hall–Kier alpha value is -2.04. The third-order valence-electron chi connectivity index (χ3n) is 6.56. The minimum atomic E-state index is -0.309. The molecule has 27 heavy (non-hydrogen) atoms. The molecule has 0 atom stereocenters. The van der Waals surface area contributed by atoms with Crippen molar-refractivity contribution in [1.29, 1.82) is 0 Å². The molecule has 1 aliphatic heterocycles. The maximum absolute atomic E-state index is 12.9. The molecule has 0 unspecified atom stereocenters. The van der Waals surface area contributed by atoms with Gasteiger partial charge in [0.2, 0.25) is 5.91 Å². The summed E-state index contributed by atoms with van der Waals surface area (Å²) in [5.41, 5.74) is 0.823. The molecule has 2 N–H and O–H groups in total. The minimum Gasteiger partial charge on any atom is -0.352 e. The molecule has 146 valence electrons. The Bertz CT molecular complexity index is 657. The van der Waals surface area contributed by atoms with Crippen molar-refractivity contribution in [2.45, 2.75) is 75.3 Å². The van der Waals surface area contributed by atoms with Gasteiger partial charge in [0.25, 0.3) is 0 Å². The van der Waals surface area contributed by atoms with Crippen molar-refractivity contribution in [3.05, 3.63) is 35.9 Å². The number of likely N-dealkylation sites (tertiary alicyclic amines) is 1. The summed E-state index contributed by atoms with van der Waals surface area (Å²) in [6.45, 7) is 1.45. The Morgan fingerprint density at radius 1 is 0.852 bits per heavy atom. The number of nitrogens with one attached hydrogen (secondary N) is 2. The summed E-state index contributed by atoms with van der Waals surface area (Å²) in [4.78, 5) is 27.3. The fourth-order valence-electron chi connectivity index (χ4n) is 4.59. The first-order valence-corrected chi connectivity index (χ1v) is 10.6. The van der Waals surface area contributed by atoms with Gasteiger partial charge >= 0.3 is 6.03 Å². The average Bonchev–Trinajstić information content (AvgIpc) is 3.52.